The van der Waals surface area contributed by atoms with Crippen molar-refractivity contribution < 1.29 is 14.6 Å². The quantitative estimate of drug-likeness (QED) is 0.560. The van der Waals surface area contributed by atoms with E-state index in [1.807, 2.05) is 0 Å². The van der Waals surface area contributed by atoms with Crippen molar-refractivity contribution in [3.05, 3.63) is 29.6 Å². The maximum atomic E-state index is 11.8. The summed E-state index contributed by atoms with van der Waals surface area (Å²) in [5.41, 5.74) is 1.03. The molecule has 1 amide bonds. The van der Waals surface area contributed by atoms with Crippen molar-refractivity contribution in [3.8, 4) is 11.8 Å². The van der Waals surface area contributed by atoms with Crippen LogP contribution in [-0.4, -0.2) is 42.4 Å². The van der Waals surface area contributed by atoms with Crippen molar-refractivity contribution in [2.24, 2.45) is 0 Å². The van der Waals surface area contributed by atoms with Gasteiger partial charge in [0.1, 0.15) is 12.3 Å². The summed E-state index contributed by atoms with van der Waals surface area (Å²) in [6.45, 7) is 3.93. The molecule has 0 aliphatic heterocycles. The van der Waals surface area contributed by atoms with Gasteiger partial charge in [-0.25, -0.2) is 4.98 Å². The molecule has 0 aromatic carbocycles. The molecule has 0 spiro atoms. The zero-order valence-electron chi connectivity index (χ0n) is 12.4. The monoisotopic (exact) mass is 290 g/mol. The van der Waals surface area contributed by atoms with E-state index >= 15 is 0 Å². The van der Waals surface area contributed by atoms with E-state index < -0.39 is 0 Å². The summed E-state index contributed by atoms with van der Waals surface area (Å²) in [6, 6.07) is 3.33. The van der Waals surface area contributed by atoms with Crippen molar-refractivity contribution >= 4 is 5.91 Å². The van der Waals surface area contributed by atoms with Crippen molar-refractivity contribution in [3.63, 3.8) is 0 Å². The van der Waals surface area contributed by atoms with Gasteiger partial charge in [-0.3, -0.25) is 4.79 Å². The van der Waals surface area contributed by atoms with E-state index in [-0.39, 0.29) is 12.5 Å². The smallest absolute Gasteiger partial charge is 0.269 e. The second-order valence-corrected chi connectivity index (χ2v) is 4.47. The first-order valence-electron chi connectivity index (χ1n) is 7.19. The maximum absolute atomic E-state index is 11.8. The van der Waals surface area contributed by atoms with Gasteiger partial charge in [0.25, 0.3) is 5.91 Å². The Morgan fingerprint density at radius 3 is 2.86 bits per heavy atom. The van der Waals surface area contributed by atoms with Crippen molar-refractivity contribution in [1.29, 1.82) is 0 Å². The molecule has 1 aromatic heterocycles. The van der Waals surface area contributed by atoms with E-state index in [0.717, 1.165) is 25.9 Å². The fourth-order valence-corrected chi connectivity index (χ4v) is 1.56. The molecule has 0 unspecified atom stereocenters. The average Bonchev–Trinajstić information content (AvgIpc) is 2.52. The fourth-order valence-electron chi connectivity index (χ4n) is 1.56. The highest BCUT2D eigenvalue weighted by atomic mass is 16.5. The van der Waals surface area contributed by atoms with Crippen molar-refractivity contribution in [1.82, 2.24) is 10.3 Å². The van der Waals surface area contributed by atoms with E-state index in [1.54, 1.807) is 12.1 Å². The summed E-state index contributed by atoms with van der Waals surface area (Å²) in [5.74, 6) is 5.05. The number of aliphatic hydroxyl groups is 1. The number of hydrogen-bond acceptors (Lipinski definition) is 4. The first-order chi connectivity index (χ1) is 10.3. The molecule has 0 radical (unpaired) electrons. The van der Waals surface area contributed by atoms with Gasteiger partial charge in [-0.1, -0.05) is 25.2 Å². The van der Waals surface area contributed by atoms with Crippen molar-refractivity contribution in [2.75, 3.05) is 26.4 Å². The summed E-state index contributed by atoms with van der Waals surface area (Å²) in [7, 11) is 0. The van der Waals surface area contributed by atoms with Crippen LogP contribution in [0.1, 0.15) is 42.2 Å². The summed E-state index contributed by atoms with van der Waals surface area (Å²) in [5, 5.41) is 11.4. The van der Waals surface area contributed by atoms with Crippen molar-refractivity contribution in [2.45, 2.75) is 26.2 Å². The van der Waals surface area contributed by atoms with E-state index in [9.17, 15) is 4.79 Å². The number of aromatic nitrogens is 1. The minimum absolute atomic E-state index is 0.192. The van der Waals surface area contributed by atoms with E-state index in [2.05, 4.69) is 29.1 Å². The molecule has 21 heavy (non-hydrogen) atoms. The van der Waals surface area contributed by atoms with E-state index in [1.165, 1.54) is 6.20 Å². The molecular formula is C16H22N2O3. The van der Waals surface area contributed by atoms with Crippen LogP contribution in [0.25, 0.3) is 0 Å². The molecule has 0 fully saturated rings. The number of hydrogen-bond donors (Lipinski definition) is 2. The lowest BCUT2D eigenvalue weighted by Crippen LogP contribution is -2.26. The maximum Gasteiger partial charge on any atom is 0.269 e. The predicted octanol–water partition coefficient (Wildman–Crippen LogP) is 1.36. The predicted molar refractivity (Wildman–Crippen MR) is 80.9 cm³/mol. The molecule has 1 heterocycles. The number of aliphatic hydroxyl groups excluding tert-OH is 1. The first-order valence-corrected chi connectivity index (χ1v) is 7.19. The molecule has 1 aromatic rings. The Labute approximate surface area is 125 Å². The molecule has 0 bridgehead atoms. The lowest BCUT2D eigenvalue weighted by Gasteiger charge is -2.05. The topological polar surface area (TPSA) is 71.5 Å². The number of nitrogens with one attached hydrogen (secondary N) is 1. The normalized spacial score (nSPS) is 9.81. The Balaban J connectivity index is 2.26. The molecule has 0 aliphatic rings. The molecule has 1 rings (SSSR count). The highest BCUT2D eigenvalue weighted by Crippen LogP contribution is 1.99. The van der Waals surface area contributed by atoms with Crippen LogP contribution in [-0.2, 0) is 4.74 Å². The van der Waals surface area contributed by atoms with Gasteiger partial charge in [0.15, 0.2) is 0 Å². The summed E-state index contributed by atoms with van der Waals surface area (Å²) >= 11 is 0. The Morgan fingerprint density at radius 2 is 2.19 bits per heavy atom. The first kappa shape index (κ1) is 17.2. The number of unbranched alkanes of at least 4 members (excludes halogenated alkanes) is 1. The molecule has 0 saturated carbocycles. The number of nitrogens with zero attached hydrogens (tertiary/aromatic N) is 1. The number of ether oxygens (including phenoxy) is 1. The Kier molecular flexibility index (Phi) is 8.85. The number of carbonyl (C=O) groups is 1. The van der Waals surface area contributed by atoms with Crippen LogP contribution in [0.3, 0.4) is 0 Å². The zero-order chi connectivity index (χ0) is 15.3. The summed E-state index contributed by atoms with van der Waals surface area (Å²) < 4.78 is 5.41. The minimum atomic E-state index is -0.203. The number of amides is 1. The van der Waals surface area contributed by atoms with Crippen LogP contribution in [0.5, 0.6) is 0 Å². The molecule has 0 aliphatic carbocycles. The van der Waals surface area contributed by atoms with Crippen LogP contribution >= 0.6 is 0 Å². The third kappa shape index (κ3) is 7.45. The second kappa shape index (κ2) is 10.8. The lowest BCUT2D eigenvalue weighted by molar-refractivity contribution is 0.0935. The van der Waals surface area contributed by atoms with Crippen LogP contribution in [0.2, 0.25) is 0 Å². The largest absolute Gasteiger partial charge is 0.384 e. The molecule has 5 nitrogen and oxygen atoms in total. The lowest BCUT2D eigenvalue weighted by atomic mass is 10.2. The van der Waals surface area contributed by atoms with Crippen LogP contribution in [0, 0.1) is 11.8 Å². The summed E-state index contributed by atoms with van der Waals surface area (Å²) in [4.78, 5) is 15.9. The van der Waals surface area contributed by atoms with E-state index in [4.69, 9.17) is 9.84 Å². The van der Waals surface area contributed by atoms with Crippen LogP contribution in [0.15, 0.2) is 18.3 Å². The fraction of sp³-hybridized carbons (Fsp3) is 0.500. The average molecular weight is 290 g/mol. The van der Waals surface area contributed by atoms with Crippen LogP contribution < -0.4 is 5.32 Å². The van der Waals surface area contributed by atoms with Crippen LogP contribution in [0.4, 0.5) is 0 Å². The zero-order valence-corrected chi connectivity index (χ0v) is 12.4. The van der Waals surface area contributed by atoms with Gasteiger partial charge in [-0.05, 0) is 25.0 Å². The minimum Gasteiger partial charge on any atom is -0.384 e. The summed E-state index contributed by atoms with van der Waals surface area (Å²) in [6.07, 6.45) is 4.50. The standard InChI is InChI=1S/C16H22N2O3/c1-2-3-11-21-12-5-9-17-16(20)15-8-7-14(13-18-15)6-4-10-19/h7-8,13,19H,2-3,5,9-12H2,1H3,(H,17,20). The second-order valence-electron chi connectivity index (χ2n) is 4.47. The molecule has 0 saturated heterocycles. The molecular weight excluding hydrogens is 268 g/mol. The van der Waals surface area contributed by atoms with Gasteiger partial charge in [-0.15, -0.1) is 0 Å². The van der Waals surface area contributed by atoms with Gasteiger partial charge in [0.2, 0.25) is 0 Å². The highest BCUT2D eigenvalue weighted by molar-refractivity contribution is 5.92. The van der Waals surface area contributed by atoms with Gasteiger partial charge < -0.3 is 15.2 Å². The number of carbonyl (C=O) groups excluding carboxylic acids is 1. The SMILES string of the molecule is CCCCOCCCNC(=O)c1ccc(C#CCO)cn1. The Morgan fingerprint density at radius 1 is 1.38 bits per heavy atom. The third-order valence-corrected chi connectivity index (χ3v) is 2.70. The third-order valence-electron chi connectivity index (χ3n) is 2.70. The van der Waals surface area contributed by atoms with Gasteiger partial charge >= 0.3 is 0 Å². The molecule has 114 valence electrons. The van der Waals surface area contributed by atoms with E-state index in [0.29, 0.717) is 24.4 Å². The van der Waals surface area contributed by atoms with Gasteiger partial charge in [-0.2, -0.15) is 0 Å². The molecule has 2 N–H and O–H groups in total. The van der Waals surface area contributed by atoms with Gasteiger partial charge in [0, 0.05) is 31.5 Å². The highest BCUT2D eigenvalue weighted by Gasteiger charge is 2.05. The Bertz CT molecular complexity index is 475. The number of pyridine rings is 1. The van der Waals surface area contributed by atoms with Gasteiger partial charge in [0.05, 0.1) is 0 Å². The molecule has 0 atom stereocenters. The Hall–Kier alpha value is -1.90. The number of rotatable bonds is 8. The molecule has 5 heteroatoms.